The second-order valence-corrected chi connectivity index (χ2v) is 7.54. The fourth-order valence-corrected chi connectivity index (χ4v) is 3.04. The van der Waals surface area contributed by atoms with Crippen molar-refractivity contribution < 1.29 is 23.9 Å². The van der Waals surface area contributed by atoms with E-state index in [9.17, 15) is 14.4 Å². The van der Waals surface area contributed by atoms with Gasteiger partial charge in [-0.1, -0.05) is 74.5 Å². The number of hydrogen-bond donors (Lipinski definition) is 2. The third kappa shape index (κ3) is 8.12. The molecule has 0 saturated carbocycles. The van der Waals surface area contributed by atoms with E-state index in [1.165, 1.54) is 7.11 Å². The molecule has 2 aromatic carbocycles. The van der Waals surface area contributed by atoms with Crippen LogP contribution in [-0.4, -0.2) is 37.2 Å². The fraction of sp³-hybridized carbons (Fsp3) is 0.375. The van der Waals surface area contributed by atoms with E-state index in [4.69, 9.17) is 9.47 Å². The van der Waals surface area contributed by atoms with Gasteiger partial charge in [-0.05, 0) is 29.9 Å². The van der Waals surface area contributed by atoms with Crippen molar-refractivity contribution >= 4 is 18.0 Å². The van der Waals surface area contributed by atoms with Crippen LogP contribution >= 0.6 is 0 Å². The normalized spacial score (nSPS) is 12.5. The van der Waals surface area contributed by atoms with Gasteiger partial charge in [0.25, 0.3) is 0 Å². The van der Waals surface area contributed by atoms with Crippen molar-refractivity contribution in [2.24, 2.45) is 5.92 Å². The molecule has 0 saturated heterocycles. The number of hydrogen-bond acceptors (Lipinski definition) is 5. The first-order valence-corrected chi connectivity index (χ1v) is 10.3. The minimum Gasteiger partial charge on any atom is -0.467 e. The minimum absolute atomic E-state index is 0.0982. The minimum atomic E-state index is -0.854. The summed E-state index contributed by atoms with van der Waals surface area (Å²) in [5, 5.41) is 5.31. The molecule has 0 aromatic heterocycles. The first-order chi connectivity index (χ1) is 14.9. The first kappa shape index (κ1) is 23.9. The van der Waals surface area contributed by atoms with E-state index in [0.29, 0.717) is 12.8 Å². The zero-order valence-corrected chi connectivity index (χ0v) is 18.2. The number of amides is 2. The van der Waals surface area contributed by atoms with Gasteiger partial charge in [0.2, 0.25) is 5.91 Å². The van der Waals surface area contributed by atoms with Crippen LogP contribution in [0.1, 0.15) is 31.4 Å². The molecular weight excluding hydrogens is 396 g/mol. The molecule has 0 heterocycles. The summed E-state index contributed by atoms with van der Waals surface area (Å²) in [7, 11) is 1.28. The summed E-state index contributed by atoms with van der Waals surface area (Å²) < 4.78 is 10.1. The van der Waals surface area contributed by atoms with E-state index in [0.717, 1.165) is 11.1 Å². The van der Waals surface area contributed by atoms with Crippen LogP contribution in [0.4, 0.5) is 4.79 Å². The highest BCUT2D eigenvalue weighted by molar-refractivity contribution is 5.89. The predicted molar refractivity (Wildman–Crippen MR) is 117 cm³/mol. The van der Waals surface area contributed by atoms with Crippen LogP contribution in [0, 0.1) is 5.92 Å². The van der Waals surface area contributed by atoms with Crippen molar-refractivity contribution in [3.8, 4) is 0 Å². The van der Waals surface area contributed by atoms with Gasteiger partial charge >= 0.3 is 12.1 Å². The number of ether oxygens (including phenoxy) is 2. The van der Waals surface area contributed by atoms with Crippen molar-refractivity contribution in [1.29, 1.82) is 0 Å². The monoisotopic (exact) mass is 426 g/mol. The van der Waals surface area contributed by atoms with Gasteiger partial charge in [0, 0.05) is 0 Å². The number of alkyl carbamates (subject to hydrolysis) is 1. The largest absolute Gasteiger partial charge is 0.467 e. The quantitative estimate of drug-likeness (QED) is 0.569. The summed E-state index contributed by atoms with van der Waals surface area (Å²) in [5.41, 5.74) is 1.89. The topological polar surface area (TPSA) is 93.7 Å². The van der Waals surface area contributed by atoms with Gasteiger partial charge in [0.1, 0.15) is 18.7 Å². The lowest BCUT2D eigenvalue weighted by Crippen LogP contribution is -2.54. The van der Waals surface area contributed by atoms with Gasteiger partial charge in [0.05, 0.1) is 7.11 Å². The number of esters is 1. The summed E-state index contributed by atoms with van der Waals surface area (Å²) in [5.74, 6) is -1.20. The van der Waals surface area contributed by atoms with Crippen LogP contribution in [-0.2, 0) is 32.1 Å². The number of carbonyl (C=O) groups excluding carboxylic acids is 3. The Bertz CT molecular complexity index is 840. The van der Waals surface area contributed by atoms with E-state index in [1.807, 2.05) is 60.7 Å². The molecule has 7 nitrogen and oxygen atoms in total. The highest BCUT2D eigenvalue weighted by atomic mass is 16.5. The summed E-state index contributed by atoms with van der Waals surface area (Å²) in [4.78, 5) is 37.3. The Hall–Kier alpha value is -3.35. The molecule has 0 radical (unpaired) electrons. The van der Waals surface area contributed by atoms with Crippen LogP contribution in [0.15, 0.2) is 60.7 Å². The van der Waals surface area contributed by atoms with E-state index in [-0.39, 0.29) is 12.5 Å². The van der Waals surface area contributed by atoms with E-state index < -0.39 is 30.1 Å². The van der Waals surface area contributed by atoms with E-state index >= 15 is 0 Å². The van der Waals surface area contributed by atoms with Crippen LogP contribution in [0.3, 0.4) is 0 Å². The molecule has 0 spiro atoms. The number of rotatable bonds is 10. The Balaban J connectivity index is 1.95. The highest BCUT2D eigenvalue weighted by Gasteiger charge is 2.29. The molecule has 0 fully saturated rings. The maximum atomic E-state index is 12.8. The van der Waals surface area contributed by atoms with Gasteiger partial charge < -0.3 is 20.1 Å². The zero-order valence-electron chi connectivity index (χ0n) is 18.2. The second-order valence-electron chi connectivity index (χ2n) is 7.54. The molecule has 0 aliphatic heterocycles. The molecule has 2 rings (SSSR count). The number of benzene rings is 2. The Morgan fingerprint density at radius 1 is 0.871 bits per heavy atom. The molecule has 0 aliphatic rings. The van der Waals surface area contributed by atoms with Crippen molar-refractivity contribution in [2.45, 2.75) is 45.4 Å². The molecule has 7 heteroatoms. The molecule has 0 unspecified atom stereocenters. The summed E-state index contributed by atoms with van der Waals surface area (Å²) in [6, 6.07) is 17.2. The molecule has 2 N–H and O–H groups in total. The number of nitrogens with one attached hydrogen (secondary N) is 2. The number of carbonyl (C=O) groups is 3. The first-order valence-electron chi connectivity index (χ1n) is 10.3. The molecular formula is C24H30N2O5. The van der Waals surface area contributed by atoms with Crippen molar-refractivity contribution in [3.63, 3.8) is 0 Å². The Kier molecular flexibility index (Phi) is 9.55. The standard InChI is InChI=1S/C24H30N2O5/c1-17(2)21(26-24(29)31-16-19-12-8-5-9-13-19)22(27)25-20(23(28)30-3)15-14-18-10-6-4-7-11-18/h4-13,17,20-21H,14-16H2,1-3H3,(H,25,27)(H,26,29)/t20-,21+/m1/s1. The van der Waals surface area contributed by atoms with Crippen LogP contribution in [0.5, 0.6) is 0 Å². The Labute approximate surface area is 183 Å². The van der Waals surface area contributed by atoms with Gasteiger partial charge in [-0.2, -0.15) is 0 Å². The molecule has 2 amide bonds. The highest BCUT2D eigenvalue weighted by Crippen LogP contribution is 2.09. The van der Waals surface area contributed by atoms with Crippen molar-refractivity contribution in [3.05, 3.63) is 71.8 Å². The number of aryl methyl sites for hydroxylation is 1. The average molecular weight is 427 g/mol. The maximum Gasteiger partial charge on any atom is 0.408 e. The Morgan fingerprint density at radius 3 is 2.00 bits per heavy atom. The van der Waals surface area contributed by atoms with Crippen molar-refractivity contribution in [1.82, 2.24) is 10.6 Å². The lowest BCUT2D eigenvalue weighted by molar-refractivity contribution is -0.145. The van der Waals surface area contributed by atoms with Crippen LogP contribution in [0.25, 0.3) is 0 Å². The van der Waals surface area contributed by atoms with Crippen molar-refractivity contribution in [2.75, 3.05) is 7.11 Å². The van der Waals surface area contributed by atoms with Gasteiger partial charge in [-0.3, -0.25) is 4.79 Å². The molecule has 0 bridgehead atoms. The average Bonchev–Trinajstić information content (AvgIpc) is 2.79. The molecule has 0 aliphatic carbocycles. The molecule has 166 valence electrons. The lowest BCUT2D eigenvalue weighted by Gasteiger charge is -2.24. The fourth-order valence-electron chi connectivity index (χ4n) is 3.04. The Morgan fingerprint density at radius 2 is 1.45 bits per heavy atom. The smallest absolute Gasteiger partial charge is 0.408 e. The predicted octanol–water partition coefficient (Wildman–Crippen LogP) is 3.23. The van der Waals surface area contributed by atoms with Crippen LogP contribution < -0.4 is 10.6 Å². The second kappa shape index (κ2) is 12.4. The molecule has 31 heavy (non-hydrogen) atoms. The lowest BCUT2D eigenvalue weighted by atomic mass is 10.0. The van der Waals surface area contributed by atoms with E-state index in [2.05, 4.69) is 10.6 Å². The third-order valence-electron chi connectivity index (χ3n) is 4.80. The molecule has 2 aromatic rings. The summed E-state index contributed by atoms with van der Waals surface area (Å²) in [6.07, 6.45) is 0.280. The molecule has 2 atom stereocenters. The third-order valence-corrected chi connectivity index (χ3v) is 4.80. The summed E-state index contributed by atoms with van der Waals surface area (Å²) >= 11 is 0. The van der Waals surface area contributed by atoms with Gasteiger partial charge in [0.15, 0.2) is 0 Å². The van der Waals surface area contributed by atoms with Crippen LogP contribution in [0.2, 0.25) is 0 Å². The van der Waals surface area contributed by atoms with E-state index in [1.54, 1.807) is 13.8 Å². The maximum absolute atomic E-state index is 12.8. The van der Waals surface area contributed by atoms with Gasteiger partial charge in [-0.25, -0.2) is 9.59 Å². The summed E-state index contributed by atoms with van der Waals surface area (Å²) in [6.45, 7) is 3.71. The SMILES string of the molecule is COC(=O)[C@@H](CCc1ccccc1)NC(=O)[C@@H](NC(=O)OCc1ccccc1)C(C)C. The zero-order chi connectivity index (χ0) is 22.6. The number of methoxy groups -OCH3 is 1. The van der Waals surface area contributed by atoms with Gasteiger partial charge in [-0.15, -0.1) is 0 Å².